The van der Waals surface area contributed by atoms with Gasteiger partial charge in [0.15, 0.2) is 0 Å². The van der Waals surface area contributed by atoms with Gasteiger partial charge in [0, 0.05) is 0 Å². The molecule has 39 heavy (non-hydrogen) atoms. The van der Waals surface area contributed by atoms with Gasteiger partial charge in [-0.25, -0.2) is 9.40 Å². The van der Waals surface area contributed by atoms with Gasteiger partial charge in [0.05, 0.1) is 29.1 Å². The first kappa shape index (κ1) is 27.9. The number of nitrogens with zero attached hydrogens (tertiary/aromatic N) is 4. The number of hydrogen-bond donors (Lipinski definition) is 1. The summed E-state index contributed by atoms with van der Waals surface area (Å²) < 4.78 is 19.2. The Morgan fingerprint density at radius 2 is 1.72 bits per heavy atom. The molecule has 10 heteroatoms. The molecule has 1 fully saturated rings. The monoisotopic (exact) mass is 535 g/mol. The predicted octanol–water partition coefficient (Wildman–Crippen LogP) is 4.15. The summed E-state index contributed by atoms with van der Waals surface area (Å²) in [4.78, 5) is 39.7. The first-order valence-electron chi connectivity index (χ1n) is 12.9. The number of hydrazine groups is 1. The zero-order valence-electron chi connectivity index (χ0n) is 23.1. The van der Waals surface area contributed by atoms with E-state index < -0.39 is 28.6 Å². The number of aromatic nitrogens is 2. The van der Waals surface area contributed by atoms with E-state index in [4.69, 9.17) is 4.42 Å². The highest BCUT2D eigenvalue weighted by Gasteiger charge is 2.45. The van der Waals surface area contributed by atoms with E-state index in [9.17, 15) is 18.8 Å². The molecule has 2 heterocycles. The summed E-state index contributed by atoms with van der Waals surface area (Å²) in [6.07, 6.45) is 0. The third kappa shape index (κ3) is 5.69. The molecule has 0 radical (unpaired) electrons. The highest BCUT2D eigenvalue weighted by Crippen LogP contribution is 2.33. The molecule has 206 valence electrons. The van der Waals surface area contributed by atoms with Crippen molar-refractivity contribution in [3.63, 3.8) is 0 Å². The number of benzene rings is 2. The van der Waals surface area contributed by atoms with Crippen LogP contribution in [0.25, 0.3) is 0 Å². The summed E-state index contributed by atoms with van der Waals surface area (Å²) in [5, 5.41) is 14.0. The standard InChI is InChI=1S/C29H34FN5O4/c1-18(2)23(24(37)25-32-33-26(39-25)29(5,6)19-12-14-20(30)15-13-19)31-22(36)16-34-27(38)28(3,4)17-35(34)21-10-8-7-9-11-21/h7-15,18,23H,16-17H2,1-6H3,(H,31,36). The summed E-state index contributed by atoms with van der Waals surface area (Å²) >= 11 is 0. The van der Waals surface area contributed by atoms with Crippen LogP contribution >= 0.6 is 0 Å². The van der Waals surface area contributed by atoms with Crippen LogP contribution in [0.15, 0.2) is 59.0 Å². The fraction of sp³-hybridized carbons (Fsp3) is 0.414. The SMILES string of the molecule is CC(C)C(NC(=O)CN1C(=O)C(C)(C)CN1c1ccccc1)C(=O)c1nnc(C(C)(C)c2ccc(F)cc2)o1. The van der Waals surface area contributed by atoms with Gasteiger partial charge in [0.2, 0.25) is 23.5 Å². The summed E-state index contributed by atoms with van der Waals surface area (Å²) in [5.41, 5.74) is 0.0739. The van der Waals surface area contributed by atoms with Crippen molar-refractivity contribution in [2.75, 3.05) is 18.1 Å². The van der Waals surface area contributed by atoms with Crippen molar-refractivity contribution in [2.24, 2.45) is 11.3 Å². The third-order valence-corrected chi connectivity index (χ3v) is 7.00. The number of anilines is 1. The molecule has 0 aliphatic carbocycles. The second-order valence-corrected chi connectivity index (χ2v) is 11.3. The average Bonchev–Trinajstić information content (AvgIpc) is 3.48. The third-order valence-electron chi connectivity index (χ3n) is 7.00. The number of ketones is 1. The number of hydrogen-bond acceptors (Lipinski definition) is 7. The van der Waals surface area contributed by atoms with Gasteiger partial charge in [-0.15, -0.1) is 10.2 Å². The van der Waals surface area contributed by atoms with Crippen LogP contribution in [0.2, 0.25) is 0 Å². The molecule has 0 bridgehead atoms. The lowest BCUT2D eigenvalue weighted by Crippen LogP contribution is -2.51. The smallest absolute Gasteiger partial charge is 0.286 e. The van der Waals surface area contributed by atoms with E-state index in [1.54, 1.807) is 31.0 Å². The van der Waals surface area contributed by atoms with E-state index in [0.717, 1.165) is 11.3 Å². The normalized spacial score (nSPS) is 16.1. The van der Waals surface area contributed by atoms with Gasteiger partial charge >= 0.3 is 0 Å². The van der Waals surface area contributed by atoms with Gasteiger partial charge in [-0.1, -0.05) is 44.2 Å². The first-order chi connectivity index (χ1) is 18.3. The molecule has 1 aliphatic heterocycles. The van der Waals surface area contributed by atoms with Crippen LogP contribution in [0.3, 0.4) is 0 Å². The van der Waals surface area contributed by atoms with Crippen LogP contribution in [0.4, 0.5) is 10.1 Å². The van der Waals surface area contributed by atoms with Crippen molar-refractivity contribution in [1.82, 2.24) is 20.5 Å². The molecule has 2 amide bonds. The van der Waals surface area contributed by atoms with Crippen LogP contribution in [0, 0.1) is 17.2 Å². The molecule has 1 atom stereocenters. The van der Waals surface area contributed by atoms with Crippen molar-refractivity contribution in [3.8, 4) is 0 Å². The van der Waals surface area contributed by atoms with Gasteiger partial charge in [-0.3, -0.25) is 19.4 Å². The molecule has 0 saturated carbocycles. The Hall–Kier alpha value is -4.08. The number of Topliss-reactive ketones (excluding diaryl/α,β-unsaturated/α-hetero) is 1. The maximum Gasteiger partial charge on any atom is 0.286 e. The van der Waals surface area contributed by atoms with E-state index in [0.29, 0.717) is 6.54 Å². The summed E-state index contributed by atoms with van der Waals surface area (Å²) in [7, 11) is 0. The zero-order chi connectivity index (χ0) is 28.5. The molecule has 1 unspecified atom stereocenters. The minimum Gasteiger partial charge on any atom is -0.417 e. The van der Waals surface area contributed by atoms with Crippen LogP contribution in [0.5, 0.6) is 0 Å². The molecule has 1 aliphatic rings. The number of carbonyl (C=O) groups excluding carboxylic acids is 3. The van der Waals surface area contributed by atoms with Gasteiger partial charge in [-0.2, -0.15) is 0 Å². The fourth-order valence-electron chi connectivity index (χ4n) is 4.56. The lowest BCUT2D eigenvalue weighted by atomic mass is 9.84. The lowest BCUT2D eigenvalue weighted by Gasteiger charge is -2.30. The van der Waals surface area contributed by atoms with Gasteiger partial charge < -0.3 is 9.73 Å². The maximum atomic E-state index is 13.4. The lowest BCUT2D eigenvalue weighted by molar-refractivity contribution is -0.138. The number of rotatable bonds is 9. The average molecular weight is 536 g/mol. The summed E-state index contributed by atoms with van der Waals surface area (Å²) in [6.45, 7) is 11.1. The molecule has 1 N–H and O–H groups in total. The molecule has 9 nitrogen and oxygen atoms in total. The van der Waals surface area contributed by atoms with Crippen molar-refractivity contribution in [3.05, 3.63) is 77.8 Å². The largest absolute Gasteiger partial charge is 0.417 e. The molecular weight excluding hydrogens is 501 g/mol. The molecular formula is C29H34FN5O4. The number of halogens is 1. The van der Waals surface area contributed by atoms with Crippen LogP contribution in [-0.2, 0) is 15.0 Å². The first-order valence-corrected chi connectivity index (χ1v) is 12.9. The Morgan fingerprint density at radius 3 is 2.33 bits per heavy atom. The highest BCUT2D eigenvalue weighted by molar-refractivity contribution is 5.99. The van der Waals surface area contributed by atoms with Crippen molar-refractivity contribution < 1.29 is 23.2 Å². The minimum absolute atomic E-state index is 0.182. The predicted molar refractivity (Wildman–Crippen MR) is 143 cm³/mol. The molecule has 1 saturated heterocycles. The highest BCUT2D eigenvalue weighted by atomic mass is 19.1. The number of nitrogens with one attached hydrogen (secondary N) is 1. The Labute approximate surface area is 227 Å². The van der Waals surface area contributed by atoms with Gasteiger partial charge in [-0.05, 0) is 63.4 Å². The van der Waals surface area contributed by atoms with Crippen molar-refractivity contribution in [1.29, 1.82) is 0 Å². The number of carbonyl (C=O) groups is 3. The molecule has 2 aromatic carbocycles. The maximum absolute atomic E-state index is 13.4. The quantitative estimate of drug-likeness (QED) is 0.410. The van der Waals surface area contributed by atoms with E-state index in [-0.39, 0.29) is 36.0 Å². The van der Waals surface area contributed by atoms with Crippen LogP contribution in [0.1, 0.15) is 63.7 Å². The Kier molecular flexibility index (Phi) is 7.59. The van der Waals surface area contributed by atoms with Crippen molar-refractivity contribution >= 4 is 23.3 Å². The second kappa shape index (κ2) is 10.6. The Bertz CT molecular complexity index is 1350. The van der Waals surface area contributed by atoms with Crippen LogP contribution in [-0.4, -0.2) is 51.9 Å². The Morgan fingerprint density at radius 1 is 1.08 bits per heavy atom. The zero-order valence-corrected chi connectivity index (χ0v) is 23.1. The molecule has 0 spiro atoms. The Balaban J connectivity index is 1.50. The second-order valence-electron chi connectivity index (χ2n) is 11.3. The van der Waals surface area contributed by atoms with Crippen molar-refractivity contribution in [2.45, 2.75) is 53.0 Å². The van der Waals surface area contributed by atoms with Gasteiger partial charge in [0.1, 0.15) is 12.4 Å². The molecule has 1 aromatic heterocycles. The van der Waals surface area contributed by atoms with E-state index >= 15 is 0 Å². The molecule has 4 rings (SSSR count). The number of para-hydroxylation sites is 1. The molecule has 3 aromatic rings. The van der Waals surface area contributed by atoms with Crippen LogP contribution < -0.4 is 10.3 Å². The topological polar surface area (TPSA) is 109 Å². The van der Waals surface area contributed by atoms with Gasteiger partial charge in [0.25, 0.3) is 5.89 Å². The summed E-state index contributed by atoms with van der Waals surface area (Å²) in [5.74, 6) is -1.90. The minimum atomic E-state index is -0.948. The summed E-state index contributed by atoms with van der Waals surface area (Å²) in [6, 6.07) is 14.3. The van der Waals surface area contributed by atoms with E-state index in [1.807, 2.05) is 58.0 Å². The van der Waals surface area contributed by atoms with E-state index in [2.05, 4.69) is 15.5 Å². The number of amides is 2. The fourth-order valence-corrected chi connectivity index (χ4v) is 4.56. The van der Waals surface area contributed by atoms with E-state index in [1.165, 1.54) is 17.1 Å².